The molecule has 0 radical (unpaired) electrons. The van der Waals surface area contributed by atoms with Crippen LogP contribution in [-0.2, 0) is 14.3 Å². The Bertz CT molecular complexity index is 310. The third-order valence-corrected chi connectivity index (χ3v) is 2.36. The highest BCUT2D eigenvalue weighted by Gasteiger charge is 2.26. The quantitative estimate of drug-likeness (QED) is 0.620. The van der Waals surface area contributed by atoms with E-state index in [2.05, 4.69) is 10.1 Å². The molecule has 1 rings (SSSR count). The van der Waals surface area contributed by atoms with Crippen LogP contribution in [0.4, 0.5) is 0 Å². The van der Waals surface area contributed by atoms with Crippen LogP contribution in [0.25, 0.3) is 0 Å². The summed E-state index contributed by atoms with van der Waals surface area (Å²) >= 11 is 0. The van der Waals surface area contributed by atoms with Crippen LogP contribution < -0.4 is 11.1 Å². The molecule has 1 aliphatic carbocycles. The van der Waals surface area contributed by atoms with Crippen LogP contribution in [0.2, 0.25) is 0 Å². The minimum atomic E-state index is -0.408. The average Bonchev–Trinajstić information content (AvgIpc) is 2.26. The fourth-order valence-electron chi connectivity index (χ4n) is 1.56. The number of methoxy groups -OCH3 is 2. The van der Waals surface area contributed by atoms with Gasteiger partial charge in [-0.1, -0.05) is 0 Å². The van der Waals surface area contributed by atoms with Gasteiger partial charge in [-0.05, 0) is 19.2 Å². The number of carbonyl (C=O) groups is 1. The highest BCUT2D eigenvalue weighted by molar-refractivity contribution is 5.92. The summed E-state index contributed by atoms with van der Waals surface area (Å²) in [5, 5.41) is 3.02. The van der Waals surface area contributed by atoms with Crippen molar-refractivity contribution in [1.29, 1.82) is 0 Å². The Hall–Kier alpha value is -1.33. The molecule has 3 N–H and O–H groups in total. The van der Waals surface area contributed by atoms with Crippen molar-refractivity contribution in [2.45, 2.75) is 12.1 Å². The first kappa shape index (κ1) is 11.7. The van der Waals surface area contributed by atoms with Gasteiger partial charge in [0.2, 0.25) is 0 Å². The molecular formula is C10H16N2O3. The summed E-state index contributed by atoms with van der Waals surface area (Å²) < 4.78 is 9.84. The van der Waals surface area contributed by atoms with Gasteiger partial charge in [-0.3, -0.25) is 0 Å². The van der Waals surface area contributed by atoms with Gasteiger partial charge in [0.05, 0.1) is 24.8 Å². The molecule has 0 aromatic rings. The zero-order valence-electron chi connectivity index (χ0n) is 9.11. The molecule has 0 fully saturated rings. The normalized spacial score (nSPS) is 25.5. The number of hydrogen-bond donors (Lipinski definition) is 2. The highest BCUT2D eigenvalue weighted by atomic mass is 16.5. The molecule has 0 saturated carbocycles. The minimum Gasteiger partial charge on any atom is -0.465 e. The van der Waals surface area contributed by atoms with Crippen LogP contribution in [0.15, 0.2) is 23.4 Å². The second-order valence-electron chi connectivity index (χ2n) is 3.22. The van der Waals surface area contributed by atoms with Gasteiger partial charge in [-0.2, -0.15) is 0 Å². The molecule has 2 unspecified atom stereocenters. The molecule has 0 bridgehead atoms. The summed E-state index contributed by atoms with van der Waals surface area (Å²) in [6.07, 6.45) is 3.04. The van der Waals surface area contributed by atoms with E-state index < -0.39 is 5.97 Å². The lowest BCUT2D eigenvalue weighted by Gasteiger charge is -2.27. The number of carbonyl (C=O) groups excluding carboxylic acids is 1. The lowest BCUT2D eigenvalue weighted by molar-refractivity contribution is -0.135. The summed E-state index contributed by atoms with van der Waals surface area (Å²) in [6, 6.07) is -0.108. The van der Waals surface area contributed by atoms with E-state index in [-0.39, 0.29) is 12.1 Å². The van der Waals surface area contributed by atoms with E-state index in [4.69, 9.17) is 10.5 Å². The van der Waals surface area contributed by atoms with Crippen molar-refractivity contribution in [3.05, 3.63) is 23.4 Å². The van der Waals surface area contributed by atoms with Crippen LogP contribution in [0, 0.1) is 0 Å². The van der Waals surface area contributed by atoms with Crippen molar-refractivity contribution in [2.24, 2.45) is 5.73 Å². The second-order valence-corrected chi connectivity index (χ2v) is 3.22. The van der Waals surface area contributed by atoms with Gasteiger partial charge in [-0.25, -0.2) is 4.79 Å². The van der Waals surface area contributed by atoms with E-state index in [0.29, 0.717) is 11.3 Å². The third kappa shape index (κ3) is 2.37. The number of likely N-dealkylation sites (N-methyl/N-ethyl adjacent to an activating group) is 1. The lowest BCUT2D eigenvalue weighted by Crippen LogP contribution is -2.44. The molecule has 0 heterocycles. The van der Waals surface area contributed by atoms with Crippen molar-refractivity contribution in [3.63, 3.8) is 0 Å². The molecule has 0 amide bonds. The maximum atomic E-state index is 11.3. The van der Waals surface area contributed by atoms with Gasteiger partial charge in [-0.15, -0.1) is 0 Å². The molecular weight excluding hydrogens is 196 g/mol. The van der Waals surface area contributed by atoms with Gasteiger partial charge in [0.25, 0.3) is 0 Å². The highest BCUT2D eigenvalue weighted by Crippen LogP contribution is 2.18. The molecule has 5 nitrogen and oxygen atoms in total. The Morgan fingerprint density at radius 3 is 2.67 bits per heavy atom. The smallest absolute Gasteiger partial charge is 0.337 e. The number of ether oxygens (including phenoxy) is 2. The molecule has 5 heteroatoms. The number of nitrogens with two attached hydrogens (primary N) is 1. The number of esters is 1. The summed E-state index contributed by atoms with van der Waals surface area (Å²) in [7, 11) is 4.69. The molecule has 0 spiro atoms. The van der Waals surface area contributed by atoms with Crippen molar-refractivity contribution in [2.75, 3.05) is 21.3 Å². The summed E-state index contributed by atoms with van der Waals surface area (Å²) in [6.45, 7) is 0. The van der Waals surface area contributed by atoms with Crippen LogP contribution in [0.5, 0.6) is 0 Å². The first-order chi connectivity index (χ1) is 7.13. The maximum Gasteiger partial charge on any atom is 0.337 e. The van der Waals surface area contributed by atoms with E-state index in [0.717, 1.165) is 0 Å². The minimum absolute atomic E-state index is 0.108. The second kappa shape index (κ2) is 4.95. The molecule has 0 aromatic heterocycles. The third-order valence-electron chi connectivity index (χ3n) is 2.36. The van der Waals surface area contributed by atoms with Gasteiger partial charge < -0.3 is 20.5 Å². The van der Waals surface area contributed by atoms with E-state index in [1.165, 1.54) is 7.11 Å². The first-order valence-corrected chi connectivity index (χ1v) is 4.61. The zero-order valence-corrected chi connectivity index (χ0v) is 9.11. The van der Waals surface area contributed by atoms with Gasteiger partial charge in [0.15, 0.2) is 0 Å². The predicted octanol–water partition coefficient (Wildman–Crippen LogP) is -0.455. The topological polar surface area (TPSA) is 73.6 Å². The Balaban J connectivity index is 2.94. The molecule has 0 saturated heterocycles. The van der Waals surface area contributed by atoms with E-state index in [1.54, 1.807) is 26.3 Å². The van der Waals surface area contributed by atoms with Crippen molar-refractivity contribution >= 4 is 5.97 Å². The predicted molar refractivity (Wildman–Crippen MR) is 56.0 cm³/mol. The Morgan fingerprint density at radius 1 is 1.53 bits per heavy atom. The zero-order chi connectivity index (χ0) is 11.4. The largest absolute Gasteiger partial charge is 0.465 e. The average molecular weight is 212 g/mol. The molecule has 0 aliphatic heterocycles. The molecule has 1 aliphatic rings. The van der Waals surface area contributed by atoms with E-state index in [1.807, 2.05) is 0 Å². The van der Waals surface area contributed by atoms with Gasteiger partial charge in [0, 0.05) is 12.8 Å². The maximum absolute atomic E-state index is 11.3. The molecule has 15 heavy (non-hydrogen) atoms. The SMILES string of the molecule is CNC1C(N)=CC(C(=O)OC)=CC1OC. The van der Waals surface area contributed by atoms with E-state index in [9.17, 15) is 4.79 Å². The fraction of sp³-hybridized carbons (Fsp3) is 0.500. The van der Waals surface area contributed by atoms with Crippen LogP contribution in [0.3, 0.4) is 0 Å². The Kier molecular flexibility index (Phi) is 3.88. The number of rotatable bonds is 3. The van der Waals surface area contributed by atoms with Crippen molar-refractivity contribution < 1.29 is 14.3 Å². The number of nitrogens with one attached hydrogen (secondary N) is 1. The lowest BCUT2D eigenvalue weighted by atomic mass is 9.97. The van der Waals surface area contributed by atoms with Crippen molar-refractivity contribution in [1.82, 2.24) is 5.32 Å². The summed E-state index contributed by atoms with van der Waals surface area (Å²) in [5.74, 6) is -0.408. The van der Waals surface area contributed by atoms with Crippen molar-refractivity contribution in [3.8, 4) is 0 Å². The van der Waals surface area contributed by atoms with Crippen LogP contribution >= 0.6 is 0 Å². The first-order valence-electron chi connectivity index (χ1n) is 4.61. The monoisotopic (exact) mass is 212 g/mol. The Labute approximate surface area is 88.9 Å². The molecule has 2 atom stereocenters. The Morgan fingerprint density at radius 2 is 2.20 bits per heavy atom. The number of hydrogen-bond acceptors (Lipinski definition) is 5. The van der Waals surface area contributed by atoms with E-state index >= 15 is 0 Å². The van der Waals surface area contributed by atoms with Crippen LogP contribution in [-0.4, -0.2) is 39.4 Å². The van der Waals surface area contributed by atoms with Gasteiger partial charge in [0.1, 0.15) is 0 Å². The van der Waals surface area contributed by atoms with Gasteiger partial charge >= 0.3 is 5.97 Å². The summed E-state index contributed by atoms with van der Waals surface area (Å²) in [4.78, 5) is 11.3. The van der Waals surface area contributed by atoms with Crippen LogP contribution in [0.1, 0.15) is 0 Å². The summed E-state index contributed by atoms with van der Waals surface area (Å²) in [5.41, 5.74) is 6.80. The molecule has 84 valence electrons. The standard InChI is InChI=1S/C10H16N2O3/c1-12-9-7(11)4-6(10(13)15-3)5-8(9)14-2/h4-5,8-9,12H,11H2,1-3H3. The fourth-order valence-corrected chi connectivity index (χ4v) is 1.56. The molecule has 0 aromatic carbocycles.